The normalized spacial score (nSPS) is 11.0. The number of fused-ring (bicyclic) bond motifs is 1. The van der Waals surface area contributed by atoms with Crippen LogP contribution < -0.4 is 15.0 Å². The molecule has 23 heavy (non-hydrogen) atoms. The van der Waals surface area contributed by atoms with Crippen LogP contribution in [0.25, 0.3) is 22.3 Å². The molecular formula is C18H18N2O3. The molecule has 0 saturated carbocycles. The second-order valence-corrected chi connectivity index (χ2v) is 5.49. The number of rotatable bonds is 4. The van der Waals surface area contributed by atoms with E-state index in [0.29, 0.717) is 22.5 Å². The van der Waals surface area contributed by atoms with Crippen molar-refractivity contribution in [2.45, 2.75) is 20.0 Å². The summed E-state index contributed by atoms with van der Waals surface area (Å²) in [5, 5.41) is 0.536. The number of hydrogen-bond donors (Lipinski definition) is 1. The van der Waals surface area contributed by atoms with Crippen LogP contribution in [-0.2, 0) is 0 Å². The Hall–Kier alpha value is -2.82. The molecule has 0 atom stereocenters. The smallest absolute Gasteiger partial charge is 0.259 e. The van der Waals surface area contributed by atoms with Crippen LogP contribution in [0.2, 0.25) is 0 Å². The third kappa shape index (κ3) is 3.18. The summed E-state index contributed by atoms with van der Waals surface area (Å²) >= 11 is 0. The summed E-state index contributed by atoms with van der Waals surface area (Å²) in [6, 6.07) is 12.7. The number of ether oxygens (including phenoxy) is 2. The molecule has 3 rings (SSSR count). The van der Waals surface area contributed by atoms with Gasteiger partial charge in [-0.05, 0) is 50.2 Å². The Morgan fingerprint density at radius 3 is 2.39 bits per heavy atom. The fourth-order valence-electron chi connectivity index (χ4n) is 2.35. The maximum atomic E-state index is 12.2. The molecule has 0 bridgehead atoms. The van der Waals surface area contributed by atoms with Gasteiger partial charge in [-0.2, -0.15) is 0 Å². The molecule has 3 aromatic rings. The summed E-state index contributed by atoms with van der Waals surface area (Å²) in [6.45, 7) is 3.95. The number of nitrogens with one attached hydrogen (secondary N) is 1. The van der Waals surface area contributed by atoms with Crippen LogP contribution >= 0.6 is 0 Å². The second kappa shape index (κ2) is 6.12. The van der Waals surface area contributed by atoms with Crippen molar-refractivity contribution in [2.24, 2.45) is 0 Å². The highest BCUT2D eigenvalue weighted by molar-refractivity contribution is 5.80. The van der Waals surface area contributed by atoms with E-state index in [1.165, 1.54) is 0 Å². The summed E-state index contributed by atoms with van der Waals surface area (Å²) in [7, 11) is 1.59. The van der Waals surface area contributed by atoms with Crippen LogP contribution in [0.4, 0.5) is 0 Å². The minimum Gasteiger partial charge on any atom is -0.497 e. The summed E-state index contributed by atoms with van der Waals surface area (Å²) in [6.07, 6.45) is 0.118. The zero-order valence-electron chi connectivity index (χ0n) is 13.3. The topological polar surface area (TPSA) is 64.2 Å². The van der Waals surface area contributed by atoms with Gasteiger partial charge in [0, 0.05) is 11.6 Å². The van der Waals surface area contributed by atoms with Crippen molar-refractivity contribution in [1.29, 1.82) is 0 Å². The predicted molar refractivity (Wildman–Crippen MR) is 90.1 cm³/mol. The molecule has 0 aliphatic rings. The summed E-state index contributed by atoms with van der Waals surface area (Å²) in [5.41, 5.74) is 1.25. The molecular weight excluding hydrogens is 292 g/mol. The van der Waals surface area contributed by atoms with Crippen LogP contribution in [0.3, 0.4) is 0 Å². The molecule has 0 spiro atoms. The van der Waals surface area contributed by atoms with Gasteiger partial charge >= 0.3 is 0 Å². The molecule has 0 fully saturated rings. The highest BCUT2D eigenvalue weighted by Gasteiger charge is 2.07. The standard InChI is InChI=1S/C18H18N2O3/c1-11(2)23-13-6-4-12(5-7-13)17-19-16-10-14(22-3)8-9-15(16)18(21)20-17/h4-11H,1-3H3,(H,19,20,21). The summed E-state index contributed by atoms with van der Waals surface area (Å²) in [4.78, 5) is 19.6. The lowest BCUT2D eigenvalue weighted by atomic mass is 10.2. The van der Waals surface area contributed by atoms with Crippen LogP contribution in [0.1, 0.15) is 13.8 Å². The molecule has 5 nitrogen and oxygen atoms in total. The van der Waals surface area contributed by atoms with Crippen LogP contribution in [0.15, 0.2) is 47.3 Å². The van der Waals surface area contributed by atoms with Crippen LogP contribution in [0.5, 0.6) is 11.5 Å². The Morgan fingerprint density at radius 2 is 1.74 bits per heavy atom. The van der Waals surface area contributed by atoms with Gasteiger partial charge in [-0.15, -0.1) is 0 Å². The molecule has 118 valence electrons. The highest BCUT2D eigenvalue weighted by Crippen LogP contribution is 2.22. The quantitative estimate of drug-likeness (QED) is 0.802. The zero-order chi connectivity index (χ0) is 16.4. The average Bonchev–Trinajstić information content (AvgIpc) is 2.54. The summed E-state index contributed by atoms with van der Waals surface area (Å²) < 4.78 is 10.8. The Balaban J connectivity index is 2.03. The lowest BCUT2D eigenvalue weighted by Gasteiger charge is -2.10. The number of benzene rings is 2. The van der Waals surface area contributed by atoms with Gasteiger partial charge in [0.05, 0.1) is 24.1 Å². The van der Waals surface area contributed by atoms with Crippen molar-refractivity contribution in [3.63, 3.8) is 0 Å². The highest BCUT2D eigenvalue weighted by atomic mass is 16.5. The predicted octanol–water partition coefficient (Wildman–Crippen LogP) is 3.39. The van der Waals surface area contributed by atoms with Crippen molar-refractivity contribution < 1.29 is 9.47 Å². The zero-order valence-corrected chi connectivity index (χ0v) is 13.3. The maximum absolute atomic E-state index is 12.2. The van der Waals surface area contributed by atoms with E-state index >= 15 is 0 Å². The molecule has 0 unspecified atom stereocenters. The van der Waals surface area contributed by atoms with Crippen molar-refractivity contribution >= 4 is 10.9 Å². The first-order valence-electron chi connectivity index (χ1n) is 7.42. The molecule has 0 radical (unpaired) electrons. The molecule has 1 aromatic heterocycles. The van der Waals surface area contributed by atoms with E-state index in [1.807, 2.05) is 38.1 Å². The Labute approximate surface area is 133 Å². The van der Waals surface area contributed by atoms with Gasteiger partial charge in [-0.1, -0.05) is 0 Å². The molecule has 1 N–H and O–H groups in total. The van der Waals surface area contributed by atoms with Gasteiger partial charge in [0.2, 0.25) is 0 Å². The van der Waals surface area contributed by atoms with Crippen molar-refractivity contribution in [3.05, 3.63) is 52.8 Å². The van der Waals surface area contributed by atoms with Crippen molar-refractivity contribution in [2.75, 3.05) is 7.11 Å². The van der Waals surface area contributed by atoms with E-state index in [9.17, 15) is 4.79 Å². The third-order valence-corrected chi connectivity index (χ3v) is 3.41. The van der Waals surface area contributed by atoms with Crippen LogP contribution in [0, 0.1) is 0 Å². The molecule has 0 aliphatic carbocycles. The number of H-pyrrole nitrogens is 1. The number of nitrogens with zero attached hydrogens (tertiary/aromatic N) is 1. The first-order valence-corrected chi connectivity index (χ1v) is 7.42. The van der Waals surface area contributed by atoms with Gasteiger partial charge in [0.25, 0.3) is 5.56 Å². The van der Waals surface area contributed by atoms with E-state index in [-0.39, 0.29) is 11.7 Å². The average molecular weight is 310 g/mol. The Bertz CT molecular complexity index is 883. The van der Waals surface area contributed by atoms with Gasteiger partial charge in [-0.3, -0.25) is 4.79 Å². The van der Waals surface area contributed by atoms with Gasteiger partial charge in [-0.25, -0.2) is 4.98 Å². The summed E-state index contributed by atoms with van der Waals surface area (Å²) in [5.74, 6) is 1.97. The Kier molecular flexibility index (Phi) is 4.02. The lowest BCUT2D eigenvalue weighted by molar-refractivity contribution is 0.242. The molecule has 2 aromatic carbocycles. The van der Waals surface area contributed by atoms with Gasteiger partial charge in [0.15, 0.2) is 0 Å². The number of aromatic amines is 1. The van der Waals surface area contributed by atoms with E-state index in [1.54, 1.807) is 25.3 Å². The fraction of sp³-hybridized carbons (Fsp3) is 0.222. The molecule has 5 heteroatoms. The lowest BCUT2D eigenvalue weighted by Crippen LogP contribution is -2.09. The van der Waals surface area contributed by atoms with E-state index in [4.69, 9.17) is 9.47 Å². The number of methoxy groups -OCH3 is 1. The fourth-order valence-corrected chi connectivity index (χ4v) is 2.35. The van der Waals surface area contributed by atoms with Crippen LogP contribution in [-0.4, -0.2) is 23.2 Å². The van der Waals surface area contributed by atoms with E-state index < -0.39 is 0 Å². The number of aromatic nitrogens is 2. The van der Waals surface area contributed by atoms with Gasteiger partial charge in [0.1, 0.15) is 17.3 Å². The molecule has 1 heterocycles. The molecule has 0 saturated heterocycles. The Morgan fingerprint density at radius 1 is 1.04 bits per heavy atom. The minimum atomic E-state index is -0.171. The van der Waals surface area contributed by atoms with Gasteiger partial charge < -0.3 is 14.5 Å². The molecule has 0 aliphatic heterocycles. The second-order valence-electron chi connectivity index (χ2n) is 5.49. The van der Waals surface area contributed by atoms with E-state index in [0.717, 1.165) is 11.3 Å². The first kappa shape index (κ1) is 15.1. The molecule has 0 amide bonds. The SMILES string of the molecule is COc1ccc2c(=O)[nH]c(-c3ccc(OC(C)C)cc3)nc2c1. The number of hydrogen-bond acceptors (Lipinski definition) is 4. The monoisotopic (exact) mass is 310 g/mol. The first-order chi connectivity index (χ1) is 11.1. The third-order valence-electron chi connectivity index (χ3n) is 3.41. The van der Waals surface area contributed by atoms with Crippen molar-refractivity contribution in [3.8, 4) is 22.9 Å². The van der Waals surface area contributed by atoms with E-state index in [2.05, 4.69) is 9.97 Å². The van der Waals surface area contributed by atoms with Crippen molar-refractivity contribution in [1.82, 2.24) is 9.97 Å². The minimum absolute atomic E-state index is 0.118. The largest absolute Gasteiger partial charge is 0.497 e. The maximum Gasteiger partial charge on any atom is 0.259 e.